The van der Waals surface area contributed by atoms with Crippen molar-refractivity contribution >= 4 is 11.6 Å². The number of anilines is 1. The number of aromatic hydroxyl groups is 1. The molecule has 0 aliphatic carbocycles. The van der Waals surface area contributed by atoms with Crippen LogP contribution in [0.3, 0.4) is 0 Å². The Morgan fingerprint density at radius 2 is 1.82 bits per heavy atom. The van der Waals surface area contributed by atoms with E-state index in [1.165, 1.54) is 24.2 Å². The van der Waals surface area contributed by atoms with Gasteiger partial charge in [0, 0.05) is 25.8 Å². The van der Waals surface area contributed by atoms with Crippen LogP contribution >= 0.6 is 0 Å². The molecule has 1 atom stereocenters. The monoisotopic (exact) mass is 385 g/mol. The molecule has 5 N–H and O–H groups in total. The first-order valence-electron chi connectivity index (χ1n) is 9.76. The summed E-state index contributed by atoms with van der Waals surface area (Å²) in [5, 5.41) is 23.1. The summed E-state index contributed by atoms with van der Waals surface area (Å²) < 4.78 is 0. The summed E-state index contributed by atoms with van der Waals surface area (Å²) in [5.41, 5.74) is 7.04. The molecule has 6 heteroatoms. The number of unbranched alkanes of at least 4 members (excludes halogenated alkanes) is 3. The number of rotatable bonds is 12. The summed E-state index contributed by atoms with van der Waals surface area (Å²) in [6, 6.07) is 14.8. The van der Waals surface area contributed by atoms with Gasteiger partial charge in [0.1, 0.15) is 5.75 Å². The van der Waals surface area contributed by atoms with E-state index in [0.717, 1.165) is 32.4 Å². The molecule has 1 amide bonds. The summed E-state index contributed by atoms with van der Waals surface area (Å²) in [4.78, 5) is 13.5. The molecule has 152 valence electrons. The highest BCUT2D eigenvalue weighted by atomic mass is 16.3. The Bertz CT molecular complexity index is 737. The average Bonchev–Trinajstić information content (AvgIpc) is 2.70. The van der Waals surface area contributed by atoms with Gasteiger partial charge in [0.15, 0.2) is 0 Å². The van der Waals surface area contributed by atoms with Crippen LogP contribution in [-0.2, 0) is 0 Å². The molecule has 0 aromatic heterocycles. The fourth-order valence-electron chi connectivity index (χ4n) is 3.08. The van der Waals surface area contributed by atoms with Gasteiger partial charge in [-0.2, -0.15) is 0 Å². The summed E-state index contributed by atoms with van der Waals surface area (Å²) in [5.74, 6) is -0.883. The maximum atomic E-state index is 11.3. The number of nitrogens with one attached hydrogen (secondary N) is 1. The van der Waals surface area contributed by atoms with Crippen molar-refractivity contribution in [1.29, 1.82) is 0 Å². The number of hydrogen-bond acceptors (Lipinski definition) is 5. The quantitative estimate of drug-likeness (QED) is 0.421. The number of nitrogens with zero attached hydrogens (tertiary/aromatic N) is 1. The summed E-state index contributed by atoms with van der Waals surface area (Å²) in [6.45, 7) is 2.26. The zero-order valence-electron chi connectivity index (χ0n) is 16.5. The van der Waals surface area contributed by atoms with Crippen LogP contribution in [0.15, 0.2) is 48.5 Å². The number of benzene rings is 2. The molecule has 6 nitrogen and oxygen atoms in total. The number of phenols is 1. The van der Waals surface area contributed by atoms with Gasteiger partial charge < -0.3 is 26.2 Å². The number of hydrogen-bond donors (Lipinski definition) is 4. The van der Waals surface area contributed by atoms with Crippen LogP contribution in [0.2, 0.25) is 0 Å². The molecule has 0 aliphatic heterocycles. The van der Waals surface area contributed by atoms with Gasteiger partial charge in [0.25, 0.3) is 5.91 Å². The van der Waals surface area contributed by atoms with Crippen molar-refractivity contribution in [2.24, 2.45) is 5.73 Å². The molecule has 0 aliphatic rings. The van der Waals surface area contributed by atoms with Gasteiger partial charge >= 0.3 is 0 Å². The summed E-state index contributed by atoms with van der Waals surface area (Å²) in [7, 11) is 2.12. The topological polar surface area (TPSA) is 98.8 Å². The zero-order valence-corrected chi connectivity index (χ0v) is 16.5. The van der Waals surface area contributed by atoms with Crippen molar-refractivity contribution in [3.63, 3.8) is 0 Å². The highest BCUT2D eigenvalue weighted by Gasteiger charge is 2.13. The fourth-order valence-corrected chi connectivity index (χ4v) is 3.08. The molecule has 1 unspecified atom stereocenters. The molecular formula is C22H31N3O3. The minimum atomic E-state index is -0.752. The van der Waals surface area contributed by atoms with E-state index >= 15 is 0 Å². The van der Waals surface area contributed by atoms with E-state index < -0.39 is 12.0 Å². The first kappa shape index (κ1) is 21.7. The molecule has 0 saturated carbocycles. The number of carbonyl (C=O) groups excluding carboxylic acids is 1. The minimum absolute atomic E-state index is 0.0250. The molecule has 2 aromatic carbocycles. The molecule has 0 bridgehead atoms. The molecular weight excluding hydrogens is 354 g/mol. The lowest BCUT2D eigenvalue weighted by atomic mass is 10.0. The van der Waals surface area contributed by atoms with Gasteiger partial charge in [-0.15, -0.1) is 0 Å². The van der Waals surface area contributed by atoms with E-state index in [1.807, 2.05) is 6.07 Å². The van der Waals surface area contributed by atoms with Crippen molar-refractivity contribution in [2.45, 2.75) is 31.8 Å². The third-order valence-electron chi connectivity index (χ3n) is 4.80. The van der Waals surface area contributed by atoms with Crippen molar-refractivity contribution in [3.05, 3.63) is 59.7 Å². The van der Waals surface area contributed by atoms with E-state index in [-0.39, 0.29) is 11.3 Å². The molecule has 0 radical (unpaired) electrons. The zero-order chi connectivity index (χ0) is 20.4. The standard InChI is InChI=1S/C22H31N3O3/c1-25(18-9-5-4-6-10-18)14-8-3-2-7-13-24-16-21(27)17-11-12-20(26)19(15-17)22(23)28/h4-6,9-12,15,21,24,26-27H,2-3,7-8,13-14,16H2,1H3,(H2,23,28). The molecule has 2 rings (SSSR count). The molecule has 28 heavy (non-hydrogen) atoms. The fraction of sp³-hybridized carbons (Fsp3) is 0.409. The van der Waals surface area contributed by atoms with Crippen LogP contribution < -0.4 is 16.0 Å². The van der Waals surface area contributed by atoms with Crippen LogP contribution in [0.1, 0.15) is 47.7 Å². The van der Waals surface area contributed by atoms with Crippen molar-refractivity contribution < 1.29 is 15.0 Å². The lowest BCUT2D eigenvalue weighted by Gasteiger charge is -2.19. The largest absolute Gasteiger partial charge is 0.507 e. The van der Waals surface area contributed by atoms with Crippen LogP contribution in [0.25, 0.3) is 0 Å². The molecule has 0 heterocycles. The predicted octanol–water partition coefficient (Wildman–Crippen LogP) is 2.81. The molecule has 2 aromatic rings. The third-order valence-corrected chi connectivity index (χ3v) is 4.80. The minimum Gasteiger partial charge on any atom is -0.507 e. The van der Waals surface area contributed by atoms with Crippen LogP contribution in [0.4, 0.5) is 5.69 Å². The number of nitrogens with two attached hydrogens (primary N) is 1. The molecule has 0 saturated heterocycles. The second-order valence-corrected chi connectivity index (χ2v) is 7.03. The van der Waals surface area contributed by atoms with Crippen LogP contribution in [0, 0.1) is 0 Å². The number of aliphatic hydroxyl groups excluding tert-OH is 1. The van der Waals surface area contributed by atoms with E-state index in [4.69, 9.17) is 5.73 Å². The Balaban J connectivity index is 1.58. The Labute approximate surface area is 167 Å². The van der Waals surface area contributed by atoms with Crippen molar-refractivity contribution in [1.82, 2.24) is 5.32 Å². The normalized spacial score (nSPS) is 11.9. The van der Waals surface area contributed by atoms with Gasteiger partial charge in [-0.05, 0) is 49.2 Å². The highest BCUT2D eigenvalue weighted by Crippen LogP contribution is 2.21. The van der Waals surface area contributed by atoms with Gasteiger partial charge in [-0.3, -0.25) is 4.79 Å². The Morgan fingerprint density at radius 3 is 2.54 bits per heavy atom. The number of primary amides is 1. The lowest BCUT2D eigenvalue weighted by molar-refractivity contribution is 0.0997. The van der Waals surface area contributed by atoms with E-state index in [1.54, 1.807) is 6.07 Å². The van der Waals surface area contributed by atoms with E-state index in [2.05, 4.69) is 41.5 Å². The van der Waals surface area contributed by atoms with Gasteiger partial charge in [0.2, 0.25) is 0 Å². The average molecular weight is 386 g/mol. The number of para-hydroxylation sites is 1. The lowest BCUT2D eigenvalue weighted by Crippen LogP contribution is -2.23. The van der Waals surface area contributed by atoms with Gasteiger partial charge in [-0.1, -0.05) is 37.1 Å². The van der Waals surface area contributed by atoms with Gasteiger partial charge in [-0.25, -0.2) is 0 Å². The summed E-state index contributed by atoms with van der Waals surface area (Å²) in [6.07, 6.45) is 3.75. The molecule has 0 fully saturated rings. The van der Waals surface area contributed by atoms with Crippen molar-refractivity contribution in [3.8, 4) is 5.75 Å². The Hall–Kier alpha value is -2.57. The number of amides is 1. The first-order valence-corrected chi connectivity index (χ1v) is 9.76. The smallest absolute Gasteiger partial charge is 0.252 e. The summed E-state index contributed by atoms with van der Waals surface area (Å²) >= 11 is 0. The predicted molar refractivity (Wildman–Crippen MR) is 113 cm³/mol. The second-order valence-electron chi connectivity index (χ2n) is 7.03. The second kappa shape index (κ2) is 11.3. The maximum absolute atomic E-state index is 11.3. The Morgan fingerprint density at radius 1 is 1.11 bits per heavy atom. The number of aliphatic hydroxyl groups is 1. The molecule has 0 spiro atoms. The first-order chi connectivity index (χ1) is 13.5. The van der Waals surface area contributed by atoms with Crippen LogP contribution in [-0.4, -0.2) is 42.8 Å². The third kappa shape index (κ3) is 6.87. The van der Waals surface area contributed by atoms with Gasteiger partial charge in [0.05, 0.1) is 11.7 Å². The maximum Gasteiger partial charge on any atom is 0.252 e. The van der Waals surface area contributed by atoms with Crippen LogP contribution in [0.5, 0.6) is 5.75 Å². The SMILES string of the molecule is CN(CCCCCCNCC(O)c1ccc(O)c(C(N)=O)c1)c1ccccc1. The highest BCUT2D eigenvalue weighted by molar-refractivity contribution is 5.95. The Kier molecular flexibility index (Phi) is 8.78. The number of carbonyl (C=O) groups is 1. The van der Waals surface area contributed by atoms with Crippen molar-refractivity contribution in [2.75, 3.05) is 31.6 Å². The van der Waals surface area contributed by atoms with E-state index in [0.29, 0.717) is 12.1 Å². The van der Waals surface area contributed by atoms with E-state index in [9.17, 15) is 15.0 Å².